The highest BCUT2D eigenvalue weighted by Gasteiger charge is 2.49. The molecule has 294 valence electrons. The molecule has 0 aliphatic carbocycles. The van der Waals surface area contributed by atoms with E-state index in [0.717, 1.165) is 38.5 Å². The number of allylic oxidation sites excluding steroid dienone is 1. The fourth-order valence-electron chi connectivity index (χ4n) is 5.42. The van der Waals surface area contributed by atoms with Gasteiger partial charge in [0.1, 0.15) is 33.8 Å². The number of benzene rings is 1. The third-order valence-electron chi connectivity index (χ3n) is 8.35. The Balaban J connectivity index is 3.11. The van der Waals surface area contributed by atoms with E-state index in [0.29, 0.717) is 37.0 Å². The van der Waals surface area contributed by atoms with Gasteiger partial charge in [-0.3, -0.25) is 4.79 Å². The Kier molecular flexibility index (Phi) is 22.2. The number of sulfone groups is 1. The predicted octanol–water partition coefficient (Wildman–Crippen LogP) is 5.91. The molecule has 11 nitrogen and oxygen atoms in total. The van der Waals surface area contributed by atoms with Gasteiger partial charge in [-0.05, 0) is 71.1 Å². The Morgan fingerprint density at radius 2 is 1.56 bits per heavy atom. The molecule has 2 N–H and O–H groups in total. The maximum Gasteiger partial charge on any atom is 0.339 e. The quantitative estimate of drug-likeness (QED) is 0.0506. The average Bonchev–Trinajstić information content (AvgIpc) is 3.09. The lowest BCUT2D eigenvalue weighted by molar-refractivity contribution is -0.185. The Morgan fingerprint density at radius 3 is 2.12 bits per heavy atom. The summed E-state index contributed by atoms with van der Waals surface area (Å²) in [6.45, 7) is 9.01. The highest BCUT2D eigenvalue weighted by atomic mass is 32.2. The fourth-order valence-corrected chi connectivity index (χ4v) is 6.91. The number of aliphatic hydroxyl groups is 1. The Hall–Kier alpha value is -3.40. The van der Waals surface area contributed by atoms with Crippen molar-refractivity contribution < 1.29 is 46.9 Å². The van der Waals surface area contributed by atoms with Gasteiger partial charge in [-0.2, -0.15) is 0 Å². The summed E-state index contributed by atoms with van der Waals surface area (Å²) in [4.78, 5) is 40.4. The largest absolute Gasteiger partial charge is 0.481 e. The minimum atomic E-state index is -3.06. The van der Waals surface area contributed by atoms with E-state index < -0.39 is 50.8 Å². The Labute approximate surface area is 312 Å². The van der Waals surface area contributed by atoms with Crippen LogP contribution in [0.3, 0.4) is 0 Å². The second kappa shape index (κ2) is 24.8. The van der Waals surface area contributed by atoms with E-state index in [1.54, 1.807) is 58.0 Å². The molecule has 0 radical (unpaired) electrons. The molecule has 0 aromatic heterocycles. The molecule has 1 aromatic rings. The van der Waals surface area contributed by atoms with Crippen LogP contribution in [0.25, 0.3) is 0 Å². The summed E-state index contributed by atoms with van der Waals surface area (Å²) in [6.07, 6.45) is 11.3. The lowest BCUT2D eigenvalue weighted by Crippen LogP contribution is -2.56. The van der Waals surface area contributed by atoms with Crippen LogP contribution in [0.1, 0.15) is 111 Å². The lowest BCUT2D eigenvalue weighted by atomic mass is 9.82. The summed E-state index contributed by atoms with van der Waals surface area (Å²) in [5.74, 6) is 2.67. The van der Waals surface area contributed by atoms with Crippen LogP contribution in [0.4, 0.5) is 0 Å². The molecule has 0 unspecified atom stereocenters. The first kappa shape index (κ1) is 46.6. The second-order valence-corrected chi connectivity index (χ2v) is 16.3. The van der Waals surface area contributed by atoms with E-state index in [1.807, 2.05) is 0 Å². The van der Waals surface area contributed by atoms with Crippen LogP contribution in [0, 0.1) is 17.8 Å². The second-order valence-electron chi connectivity index (χ2n) is 14.0. The van der Waals surface area contributed by atoms with Crippen LogP contribution >= 0.6 is 0 Å². The number of amides is 1. The summed E-state index contributed by atoms with van der Waals surface area (Å²) in [5, 5.41) is 14.6. The molecule has 12 heteroatoms. The number of carbonyl (C=O) groups is 3. The third-order valence-corrected chi connectivity index (χ3v) is 10.2. The lowest BCUT2D eigenvalue weighted by Gasteiger charge is -2.35. The van der Waals surface area contributed by atoms with Crippen molar-refractivity contribution >= 4 is 27.7 Å². The first-order valence-electron chi connectivity index (χ1n) is 18.4. The van der Waals surface area contributed by atoms with Crippen molar-refractivity contribution in [3.8, 4) is 17.6 Å². The summed E-state index contributed by atoms with van der Waals surface area (Å²) >= 11 is 0. The fraction of sp³-hybridized carbons (Fsp3) is 0.675. The number of rotatable bonds is 26. The van der Waals surface area contributed by atoms with Gasteiger partial charge in [0.05, 0.1) is 24.5 Å². The first-order valence-corrected chi connectivity index (χ1v) is 20.3. The standard InChI is InChI=1S/C40H63NO10S/c1-8-10-12-16-19-29-52(46,47)30-20-17-14-13-15-18-21-34(40(45,26-28-48-6)38(44)51-39(3,4)5)36(42)41-35(37(43)49-7)31-32-22-24-33(25-23-32)50-27-11-9-2/h18,21-25,34-35,45H,8,10,12-17,19-20,26-31H2,1-7H3,(H,41,42)/t34-,35+,40+/m1/s1. The van der Waals surface area contributed by atoms with Gasteiger partial charge in [-0.1, -0.05) is 75.7 Å². The van der Waals surface area contributed by atoms with E-state index in [-0.39, 0.29) is 37.6 Å². The van der Waals surface area contributed by atoms with Crippen molar-refractivity contribution in [2.24, 2.45) is 5.92 Å². The summed E-state index contributed by atoms with van der Waals surface area (Å²) < 4.78 is 46.1. The van der Waals surface area contributed by atoms with Crippen LogP contribution in [-0.2, 0) is 44.9 Å². The number of hydrogen-bond donors (Lipinski definition) is 2. The van der Waals surface area contributed by atoms with Crippen molar-refractivity contribution in [3.05, 3.63) is 42.0 Å². The zero-order valence-corrected chi connectivity index (χ0v) is 33.3. The Morgan fingerprint density at radius 1 is 0.942 bits per heavy atom. The van der Waals surface area contributed by atoms with Gasteiger partial charge in [0.2, 0.25) is 5.91 Å². The molecule has 0 aliphatic heterocycles. The third kappa shape index (κ3) is 18.9. The monoisotopic (exact) mass is 749 g/mol. The van der Waals surface area contributed by atoms with Crippen molar-refractivity contribution in [2.45, 2.75) is 129 Å². The Bertz CT molecular complexity index is 1410. The molecule has 0 saturated heterocycles. The molecule has 52 heavy (non-hydrogen) atoms. The molecule has 0 heterocycles. The van der Waals surface area contributed by atoms with Gasteiger partial charge in [-0.15, -0.1) is 5.92 Å². The number of unbranched alkanes of at least 4 members (excludes halogenated alkanes) is 8. The highest BCUT2D eigenvalue weighted by molar-refractivity contribution is 7.91. The highest BCUT2D eigenvalue weighted by Crippen LogP contribution is 2.29. The number of esters is 2. The molecule has 1 rings (SSSR count). The van der Waals surface area contributed by atoms with Gasteiger partial charge in [0, 0.05) is 26.6 Å². The number of carbonyl (C=O) groups excluding carboxylic acids is 3. The molecule has 0 saturated carbocycles. The number of hydrogen-bond acceptors (Lipinski definition) is 10. The van der Waals surface area contributed by atoms with Crippen LogP contribution in [-0.4, -0.2) is 87.6 Å². The molecule has 0 fully saturated rings. The van der Waals surface area contributed by atoms with E-state index in [9.17, 15) is 27.9 Å². The van der Waals surface area contributed by atoms with E-state index in [1.165, 1.54) is 20.3 Å². The smallest absolute Gasteiger partial charge is 0.339 e. The summed E-state index contributed by atoms with van der Waals surface area (Å²) in [7, 11) is -0.431. The molecular weight excluding hydrogens is 687 g/mol. The average molecular weight is 750 g/mol. The van der Waals surface area contributed by atoms with E-state index >= 15 is 0 Å². The van der Waals surface area contributed by atoms with Crippen LogP contribution in [0.15, 0.2) is 36.4 Å². The zero-order valence-electron chi connectivity index (χ0n) is 32.5. The SMILES string of the molecule is CC#CCOc1ccc(C[C@H](NC(=O)[C@@H](C=CCCCCCCS(=O)(=O)CCCCCCC)[C@@](O)(CCOC)C(=O)OC(C)(C)C)C(=O)OC)cc1. The predicted molar refractivity (Wildman–Crippen MR) is 203 cm³/mol. The topological polar surface area (TPSA) is 155 Å². The molecular formula is C40H63NO10S. The molecule has 0 aliphatic rings. The van der Waals surface area contributed by atoms with Crippen molar-refractivity contribution in [3.63, 3.8) is 0 Å². The number of methoxy groups -OCH3 is 2. The number of ether oxygens (including phenoxy) is 4. The van der Waals surface area contributed by atoms with Gasteiger partial charge < -0.3 is 29.4 Å². The maximum absolute atomic E-state index is 14.0. The van der Waals surface area contributed by atoms with E-state index in [2.05, 4.69) is 24.1 Å². The van der Waals surface area contributed by atoms with Crippen LogP contribution in [0.5, 0.6) is 5.75 Å². The van der Waals surface area contributed by atoms with Gasteiger partial charge in [-0.25, -0.2) is 18.0 Å². The molecule has 1 amide bonds. The normalized spacial score (nSPS) is 14.1. The minimum Gasteiger partial charge on any atom is -0.481 e. The molecule has 0 spiro atoms. The molecule has 1 aromatic carbocycles. The molecule has 0 bridgehead atoms. The van der Waals surface area contributed by atoms with Gasteiger partial charge >= 0.3 is 11.9 Å². The van der Waals surface area contributed by atoms with Crippen molar-refractivity contribution in [1.82, 2.24) is 5.32 Å². The zero-order chi connectivity index (χ0) is 39.0. The number of nitrogens with one attached hydrogen (secondary N) is 1. The van der Waals surface area contributed by atoms with Gasteiger partial charge in [0.25, 0.3) is 0 Å². The van der Waals surface area contributed by atoms with Crippen LogP contribution < -0.4 is 10.1 Å². The maximum atomic E-state index is 14.0. The minimum absolute atomic E-state index is 0.0479. The van der Waals surface area contributed by atoms with Gasteiger partial charge in [0.15, 0.2) is 5.60 Å². The van der Waals surface area contributed by atoms with Crippen LogP contribution in [0.2, 0.25) is 0 Å². The summed E-state index contributed by atoms with van der Waals surface area (Å²) in [6, 6.07) is 5.84. The van der Waals surface area contributed by atoms with Crippen molar-refractivity contribution in [1.29, 1.82) is 0 Å². The first-order chi connectivity index (χ1) is 24.6. The molecule has 3 atom stereocenters. The van der Waals surface area contributed by atoms with Crippen molar-refractivity contribution in [2.75, 3.05) is 38.9 Å². The van der Waals surface area contributed by atoms with E-state index in [4.69, 9.17) is 18.9 Å². The summed E-state index contributed by atoms with van der Waals surface area (Å²) in [5.41, 5.74) is -2.58.